The lowest BCUT2D eigenvalue weighted by Crippen LogP contribution is -2.31. The van der Waals surface area contributed by atoms with Crippen molar-refractivity contribution in [3.8, 4) is 0 Å². The number of hydrogen-bond donors (Lipinski definition) is 0. The van der Waals surface area contributed by atoms with Crippen LogP contribution in [0.1, 0.15) is 58.3 Å². The van der Waals surface area contributed by atoms with Crippen LogP contribution in [0.5, 0.6) is 0 Å². The summed E-state index contributed by atoms with van der Waals surface area (Å²) < 4.78 is 22.1. The van der Waals surface area contributed by atoms with Gasteiger partial charge in [-0.1, -0.05) is 19.1 Å². The molecule has 0 saturated carbocycles. The van der Waals surface area contributed by atoms with E-state index in [2.05, 4.69) is 24.5 Å². The van der Waals surface area contributed by atoms with E-state index in [9.17, 15) is 9.59 Å². The van der Waals surface area contributed by atoms with Crippen LogP contribution < -0.4 is 0 Å². The summed E-state index contributed by atoms with van der Waals surface area (Å²) in [7, 11) is 0. The van der Waals surface area contributed by atoms with Gasteiger partial charge in [0.1, 0.15) is 18.8 Å². The Morgan fingerprint density at radius 1 is 1.29 bits per heavy atom. The van der Waals surface area contributed by atoms with Gasteiger partial charge in [-0.05, 0) is 70.5 Å². The maximum Gasteiger partial charge on any atom is 0.508 e. The van der Waals surface area contributed by atoms with E-state index in [4.69, 9.17) is 18.9 Å². The van der Waals surface area contributed by atoms with Crippen molar-refractivity contribution in [2.24, 2.45) is 5.92 Å². The van der Waals surface area contributed by atoms with Crippen molar-refractivity contribution in [2.45, 2.75) is 76.1 Å². The molecule has 3 fully saturated rings. The van der Waals surface area contributed by atoms with Crippen LogP contribution in [0, 0.1) is 5.92 Å². The van der Waals surface area contributed by atoms with E-state index in [-0.39, 0.29) is 36.3 Å². The van der Waals surface area contributed by atoms with Crippen molar-refractivity contribution in [2.75, 3.05) is 32.8 Å². The number of allylic oxidation sites excluding steroid dienone is 1. The number of ether oxygens (including phenoxy) is 4. The topological polar surface area (TPSA) is 77.6 Å². The maximum absolute atomic E-state index is 12.0. The number of hydrogen-bond acceptors (Lipinski definition) is 7. The monoisotopic (exact) mass is 433 g/mol. The fourth-order valence-electron chi connectivity index (χ4n) is 5.07. The molecule has 3 heterocycles. The summed E-state index contributed by atoms with van der Waals surface area (Å²) in [6.45, 7) is 9.86. The van der Waals surface area contributed by atoms with E-state index in [0.717, 1.165) is 57.3 Å². The lowest BCUT2D eigenvalue weighted by Gasteiger charge is -2.26. The third kappa shape index (κ3) is 5.50. The zero-order chi connectivity index (χ0) is 21.8. The molecule has 0 N–H and O–H groups in total. The molecule has 172 valence electrons. The molecule has 0 aromatic carbocycles. The quantitative estimate of drug-likeness (QED) is 0.207. The molecule has 3 aliphatic heterocycles. The molecule has 0 aromatic rings. The first-order chi connectivity index (χ1) is 15.0. The largest absolute Gasteiger partial charge is 0.508 e. The lowest BCUT2D eigenvalue weighted by molar-refractivity contribution is -0.140. The van der Waals surface area contributed by atoms with Gasteiger partial charge in [0.25, 0.3) is 0 Å². The average Bonchev–Trinajstić information content (AvgIpc) is 3.36. The first-order valence-corrected chi connectivity index (χ1v) is 11.7. The minimum Gasteiger partial charge on any atom is -0.455 e. The van der Waals surface area contributed by atoms with Crippen molar-refractivity contribution >= 4 is 12.1 Å². The fourth-order valence-corrected chi connectivity index (χ4v) is 5.07. The van der Waals surface area contributed by atoms with Crippen molar-refractivity contribution < 1.29 is 28.5 Å². The smallest absolute Gasteiger partial charge is 0.455 e. The summed E-state index contributed by atoms with van der Waals surface area (Å²) in [5, 5.41) is 0. The zero-order valence-corrected chi connectivity index (χ0v) is 18.6. The number of nitrogens with zero attached hydrogens (tertiary/aromatic N) is 1. The standard InChI is InChI=1S/C24H35NO6/c1-17-19-10-9-18(8-6-11-24(2)21(31-24)20(19)30-22(17)26)16-29-23(27)28-15-7-14-25-12-4-3-5-13-25/h8,19-21H,1,3-7,9-16H2,2H3/t19-,20-,21-,24+/m0/s1. The van der Waals surface area contributed by atoms with Gasteiger partial charge in [0.15, 0.2) is 0 Å². The Labute approximate surface area is 184 Å². The second-order valence-corrected chi connectivity index (χ2v) is 9.44. The number of piperidine rings is 1. The second kappa shape index (κ2) is 9.74. The third-order valence-electron chi connectivity index (χ3n) is 7.10. The summed E-state index contributed by atoms with van der Waals surface area (Å²) in [5.74, 6) is -0.371. The molecule has 7 heteroatoms. The number of fused-ring (bicyclic) bond motifs is 3. The Hall–Kier alpha value is -1.86. The Morgan fingerprint density at radius 3 is 2.90 bits per heavy atom. The molecule has 4 aliphatic rings. The predicted molar refractivity (Wildman–Crippen MR) is 115 cm³/mol. The molecule has 4 rings (SSSR count). The van der Waals surface area contributed by atoms with Crippen LogP contribution in [0.2, 0.25) is 0 Å². The van der Waals surface area contributed by atoms with E-state index in [1.54, 1.807) is 0 Å². The maximum atomic E-state index is 12.0. The molecule has 31 heavy (non-hydrogen) atoms. The SMILES string of the molecule is C=C1C(=O)O[C@H]2[C@H]1CCC(COC(=O)OCCCN1CCCCC1)=CCC[C@@]1(C)O[C@@H]21. The van der Waals surface area contributed by atoms with Crippen molar-refractivity contribution in [1.29, 1.82) is 0 Å². The van der Waals surface area contributed by atoms with E-state index >= 15 is 0 Å². The molecule has 0 unspecified atom stereocenters. The van der Waals surface area contributed by atoms with Gasteiger partial charge in [0, 0.05) is 18.0 Å². The van der Waals surface area contributed by atoms with Crippen LogP contribution in [0.4, 0.5) is 4.79 Å². The summed E-state index contributed by atoms with van der Waals surface area (Å²) in [5.41, 5.74) is 1.30. The van der Waals surface area contributed by atoms with Gasteiger partial charge in [0.2, 0.25) is 0 Å². The second-order valence-electron chi connectivity index (χ2n) is 9.44. The average molecular weight is 434 g/mol. The molecule has 0 spiro atoms. The van der Waals surface area contributed by atoms with E-state index in [1.165, 1.54) is 19.3 Å². The molecule has 0 bridgehead atoms. The molecular formula is C24H35NO6. The van der Waals surface area contributed by atoms with Crippen LogP contribution in [0.3, 0.4) is 0 Å². The number of epoxide rings is 1. The van der Waals surface area contributed by atoms with E-state index in [1.807, 2.05) is 0 Å². The fraction of sp³-hybridized carbons (Fsp3) is 0.750. The van der Waals surface area contributed by atoms with E-state index < -0.39 is 6.16 Å². The van der Waals surface area contributed by atoms with E-state index in [0.29, 0.717) is 12.2 Å². The van der Waals surface area contributed by atoms with Gasteiger partial charge < -0.3 is 23.8 Å². The predicted octanol–water partition coefficient (Wildman–Crippen LogP) is 3.77. The molecule has 4 atom stereocenters. The first-order valence-electron chi connectivity index (χ1n) is 11.7. The van der Waals surface area contributed by atoms with Gasteiger partial charge in [0.05, 0.1) is 12.2 Å². The number of carbonyl (C=O) groups is 2. The Bertz CT molecular complexity index is 728. The molecular weight excluding hydrogens is 398 g/mol. The minimum atomic E-state index is -0.615. The summed E-state index contributed by atoms with van der Waals surface area (Å²) in [6.07, 6.45) is 9.02. The van der Waals surface area contributed by atoms with Crippen LogP contribution in [-0.2, 0) is 23.7 Å². The van der Waals surface area contributed by atoms with Crippen molar-refractivity contribution in [3.63, 3.8) is 0 Å². The van der Waals surface area contributed by atoms with Gasteiger partial charge in [-0.2, -0.15) is 0 Å². The molecule has 3 saturated heterocycles. The Morgan fingerprint density at radius 2 is 2.10 bits per heavy atom. The zero-order valence-electron chi connectivity index (χ0n) is 18.6. The van der Waals surface area contributed by atoms with Crippen molar-refractivity contribution in [3.05, 3.63) is 23.8 Å². The lowest BCUT2D eigenvalue weighted by atomic mass is 9.84. The Kier molecular flexibility index (Phi) is 7.02. The van der Waals surface area contributed by atoms with Gasteiger partial charge in [-0.3, -0.25) is 0 Å². The molecule has 0 aromatic heterocycles. The van der Waals surface area contributed by atoms with Crippen molar-refractivity contribution in [1.82, 2.24) is 4.90 Å². The highest BCUT2D eigenvalue weighted by molar-refractivity contribution is 5.91. The number of likely N-dealkylation sites (tertiary alicyclic amines) is 1. The number of rotatable bonds is 6. The summed E-state index contributed by atoms with van der Waals surface area (Å²) in [4.78, 5) is 26.5. The van der Waals surface area contributed by atoms with Crippen LogP contribution in [0.15, 0.2) is 23.8 Å². The van der Waals surface area contributed by atoms with Gasteiger partial charge in [-0.25, -0.2) is 9.59 Å². The van der Waals surface area contributed by atoms with Crippen LogP contribution >= 0.6 is 0 Å². The summed E-state index contributed by atoms with van der Waals surface area (Å²) in [6, 6.07) is 0. The van der Waals surface area contributed by atoms with Crippen LogP contribution in [0.25, 0.3) is 0 Å². The molecule has 0 amide bonds. The van der Waals surface area contributed by atoms with Gasteiger partial charge in [-0.15, -0.1) is 0 Å². The number of esters is 1. The van der Waals surface area contributed by atoms with Gasteiger partial charge >= 0.3 is 12.1 Å². The molecule has 7 nitrogen and oxygen atoms in total. The third-order valence-corrected chi connectivity index (χ3v) is 7.10. The molecule has 0 radical (unpaired) electrons. The highest BCUT2D eigenvalue weighted by Gasteiger charge is 2.61. The minimum absolute atomic E-state index is 0.0492. The highest BCUT2D eigenvalue weighted by atomic mass is 16.7. The first kappa shape index (κ1) is 22.3. The molecule has 1 aliphatic carbocycles. The highest BCUT2D eigenvalue weighted by Crippen LogP contribution is 2.49. The summed E-state index contributed by atoms with van der Waals surface area (Å²) >= 11 is 0. The Balaban J connectivity index is 1.22. The normalized spacial score (nSPS) is 33.6. The van der Waals surface area contributed by atoms with Crippen LogP contribution in [-0.4, -0.2) is 67.7 Å². The number of carbonyl (C=O) groups excluding carboxylic acids is 2.